The Morgan fingerprint density at radius 3 is 2.48 bits per heavy atom. The highest BCUT2D eigenvalue weighted by Crippen LogP contribution is 2.23. The van der Waals surface area contributed by atoms with Crippen LogP contribution in [0.3, 0.4) is 0 Å². The molecular formula is C18H23BrN4. The van der Waals surface area contributed by atoms with Gasteiger partial charge in [0, 0.05) is 49.6 Å². The van der Waals surface area contributed by atoms with E-state index in [0.29, 0.717) is 6.04 Å². The number of likely N-dealkylation sites (tertiary alicyclic amines) is 1. The second-order valence-electron chi connectivity index (χ2n) is 6.27. The van der Waals surface area contributed by atoms with Gasteiger partial charge in [-0.2, -0.15) is 0 Å². The SMILES string of the molecule is Cc1cnc(N(C)C2CCN(Cc3ccccc3Br)CC2)nc1. The molecule has 0 N–H and O–H groups in total. The van der Waals surface area contributed by atoms with Gasteiger partial charge in [-0.25, -0.2) is 9.97 Å². The third kappa shape index (κ3) is 4.09. The maximum atomic E-state index is 4.45. The van der Waals surface area contributed by atoms with Crippen LogP contribution < -0.4 is 4.90 Å². The molecule has 0 unspecified atom stereocenters. The Morgan fingerprint density at radius 1 is 1.17 bits per heavy atom. The number of piperidine rings is 1. The van der Waals surface area contributed by atoms with Crippen molar-refractivity contribution in [1.29, 1.82) is 0 Å². The molecule has 23 heavy (non-hydrogen) atoms. The lowest BCUT2D eigenvalue weighted by molar-refractivity contribution is 0.202. The predicted molar refractivity (Wildman–Crippen MR) is 97.6 cm³/mol. The summed E-state index contributed by atoms with van der Waals surface area (Å²) in [5.41, 5.74) is 2.46. The minimum Gasteiger partial charge on any atom is -0.341 e. The smallest absolute Gasteiger partial charge is 0.225 e. The summed E-state index contributed by atoms with van der Waals surface area (Å²) in [6, 6.07) is 9.01. The summed E-state index contributed by atoms with van der Waals surface area (Å²) < 4.78 is 1.20. The Labute approximate surface area is 146 Å². The molecule has 0 bridgehead atoms. The highest BCUT2D eigenvalue weighted by atomic mass is 79.9. The summed E-state index contributed by atoms with van der Waals surface area (Å²) in [6.07, 6.45) is 6.08. The Kier molecular flexibility index (Phi) is 5.28. The Bertz CT molecular complexity index is 636. The molecule has 1 saturated heterocycles. The first-order valence-corrected chi connectivity index (χ1v) is 8.90. The van der Waals surface area contributed by atoms with Gasteiger partial charge in [-0.05, 0) is 37.0 Å². The van der Waals surface area contributed by atoms with Gasteiger partial charge in [-0.3, -0.25) is 4.90 Å². The number of anilines is 1. The van der Waals surface area contributed by atoms with Crippen molar-refractivity contribution in [3.8, 4) is 0 Å². The first-order valence-electron chi connectivity index (χ1n) is 8.11. The monoisotopic (exact) mass is 374 g/mol. The van der Waals surface area contributed by atoms with E-state index in [1.165, 1.54) is 10.0 Å². The van der Waals surface area contributed by atoms with Gasteiger partial charge in [-0.1, -0.05) is 34.1 Å². The molecule has 1 aliphatic rings. The van der Waals surface area contributed by atoms with E-state index in [9.17, 15) is 0 Å². The molecular weight excluding hydrogens is 352 g/mol. The lowest BCUT2D eigenvalue weighted by atomic mass is 10.0. The van der Waals surface area contributed by atoms with Gasteiger partial charge in [0.2, 0.25) is 5.95 Å². The van der Waals surface area contributed by atoms with E-state index in [0.717, 1.165) is 44.0 Å². The number of benzene rings is 1. The number of halogens is 1. The first-order chi connectivity index (χ1) is 11.1. The van der Waals surface area contributed by atoms with Crippen LogP contribution in [-0.2, 0) is 6.54 Å². The summed E-state index contributed by atoms with van der Waals surface area (Å²) in [4.78, 5) is 13.7. The molecule has 4 nitrogen and oxygen atoms in total. The zero-order chi connectivity index (χ0) is 16.2. The Balaban J connectivity index is 1.56. The molecule has 2 aromatic rings. The van der Waals surface area contributed by atoms with Gasteiger partial charge in [0.15, 0.2) is 0 Å². The van der Waals surface area contributed by atoms with Gasteiger partial charge in [0.1, 0.15) is 0 Å². The van der Waals surface area contributed by atoms with Crippen molar-refractivity contribution in [1.82, 2.24) is 14.9 Å². The van der Waals surface area contributed by atoms with Crippen LogP contribution in [0.5, 0.6) is 0 Å². The Morgan fingerprint density at radius 2 is 1.83 bits per heavy atom. The first kappa shape index (κ1) is 16.4. The van der Waals surface area contributed by atoms with Crippen LogP contribution in [-0.4, -0.2) is 41.0 Å². The second kappa shape index (κ2) is 7.41. The molecule has 0 amide bonds. The van der Waals surface area contributed by atoms with Gasteiger partial charge in [0.25, 0.3) is 0 Å². The fourth-order valence-electron chi connectivity index (χ4n) is 3.06. The van der Waals surface area contributed by atoms with Gasteiger partial charge in [0.05, 0.1) is 0 Å². The largest absolute Gasteiger partial charge is 0.341 e. The third-order valence-corrected chi connectivity index (χ3v) is 5.31. The predicted octanol–water partition coefficient (Wildman–Crippen LogP) is 3.65. The zero-order valence-corrected chi connectivity index (χ0v) is 15.3. The van der Waals surface area contributed by atoms with Gasteiger partial charge >= 0.3 is 0 Å². The van der Waals surface area contributed by atoms with Crippen molar-refractivity contribution in [2.24, 2.45) is 0 Å². The number of hydrogen-bond donors (Lipinski definition) is 0. The maximum absolute atomic E-state index is 4.45. The summed E-state index contributed by atoms with van der Waals surface area (Å²) in [5, 5.41) is 0. The van der Waals surface area contributed by atoms with Crippen molar-refractivity contribution in [3.05, 3.63) is 52.3 Å². The quantitative estimate of drug-likeness (QED) is 0.817. The molecule has 1 aromatic carbocycles. The highest BCUT2D eigenvalue weighted by molar-refractivity contribution is 9.10. The van der Waals surface area contributed by atoms with E-state index in [1.807, 2.05) is 19.3 Å². The van der Waals surface area contributed by atoms with Crippen molar-refractivity contribution in [2.45, 2.75) is 32.4 Å². The minimum absolute atomic E-state index is 0.521. The number of nitrogens with zero attached hydrogens (tertiary/aromatic N) is 4. The van der Waals surface area contributed by atoms with E-state index in [4.69, 9.17) is 0 Å². The fraction of sp³-hybridized carbons (Fsp3) is 0.444. The molecule has 0 saturated carbocycles. The number of rotatable bonds is 4. The molecule has 3 rings (SSSR count). The molecule has 0 atom stereocenters. The summed E-state index contributed by atoms with van der Waals surface area (Å²) >= 11 is 3.64. The molecule has 0 aliphatic carbocycles. The molecule has 2 heterocycles. The summed E-state index contributed by atoms with van der Waals surface area (Å²) in [7, 11) is 2.11. The summed E-state index contributed by atoms with van der Waals surface area (Å²) in [5.74, 6) is 0.833. The molecule has 1 aliphatic heterocycles. The van der Waals surface area contributed by atoms with E-state index in [1.54, 1.807) is 0 Å². The summed E-state index contributed by atoms with van der Waals surface area (Å²) in [6.45, 7) is 5.26. The van der Waals surface area contributed by atoms with E-state index >= 15 is 0 Å². The number of aryl methyl sites for hydroxylation is 1. The number of hydrogen-bond acceptors (Lipinski definition) is 4. The van der Waals surface area contributed by atoms with Crippen molar-refractivity contribution in [3.63, 3.8) is 0 Å². The fourth-order valence-corrected chi connectivity index (χ4v) is 3.47. The Hall–Kier alpha value is -1.46. The molecule has 5 heteroatoms. The van der Waals surface area contributed by atoms with Crippen LogP contribution in [0.1, 0.15) is 24.0 Å². The standard InChI is InChI=1S/C18H23BrN4/c1-14-11-20-18(21-12-14)22(2)16-7-9-23(10-8-16)13-15-5-3-4-6-17(15)19/h3-6,11-12,16H,7-10,13H2,1-2H3. The molecule has 1 fully saturated rings. The van der Waals surface area contributed by atoms with Crippen LogP contribution in [0.4, 0.5) is 5.95 Å². The van der Waals surface area contributed by atoms with Gasteiger partial charge < -0.3 is 4.90 Å². The van der Waals surface area contributed by atoms with E-state index in [2.05, 4.69) is 67.0 Å². The van der Waals surface area contributed by atoms with Crippen LogP contribution >= 0.6 is 15.9 Å². The van der Waals surface area contributed by atoms with Crippen molar-refractivity contribution >= 4 is 21.9 Å². The zero-order valence-electron chi connectivity index (χ0n) is 13.7. The minimum atomic E-state index is 0.521. The average Bonchev–Trinajstić information content (AvgIpc) is 2.58. The molecule has 0 spiro atoms. The lowest BCUT2D eigenvalue weighted by Crippen LogP contribution is -2.43. The van der Waals surface area contributed by atoms with Crippen LogP contribution in [0.25, 0.3) is 0 Å². The lowest BCUT2D eigenvalue weighted by Gasteiger charge is -2.36. The van der Waals surface area contributed by atoms with E-state index in [-0.39, 0.29) is 0 Å². The topological polar surface area (TPSA) is 32.3 Å². The van der Waals surface area contributed by atoms with Crippen LogP contribution in [0, 0.1) is 6.92 Å². The normalized spacial score (nSPS) is 16.5. The maximum Gasteiger partial charge on any atom is 0.225 e. The average molecular weight is 375 g/mol. The van der Waals surface area contributed by atoms with Crippen molar-refractivity contribution < 1.29 is 0 Å². The molecule has 122 valence electrons. The highest BCUT2D eigenvalue weighted by Gasteiger charge is 2.24. The molecule has 0 radical (unpaired) electrons. The number of aromatic nitrogens is 2. The van der Waals surface area contributed by atoms with Crippen LogP contribution in [0.15, 0.2) is 41.1 Å². The van der Waals surface area contributed by atoms with Gasteiger partial charge in [-0.15, -0.1) is 0 Å². The third-order valence-electron chi connectivity index (χ3n) is 4.54. The molecule has 1 aromatic heterocycles. The van der Waals surface area contributed by atoms with Crippen molar-refractivity contribution in [2.75, 3.05) is 25.0 Å². The van der Waals surface area contributed by atoms with Crippen LogP contribution in [0.2, 0.25) is 0 Å². The van der Waals surface area contributed by atoms with E-state index < -0.39 is 0 Å². The second-order valence-corrected chi connectivity index (χ2v) is 7.12.